The fraction of sp³-hybridized carbons (Fsp3) is 0.740. The van der Waals surface area contributed by atoms with Crippen molar-refractivity contribution in [3.63, 3.8) is 0 Å². The number of rotatable bonds is 61. The standard InChI is InChI=1S/C73H126O6/c1-4-7-10-13-16-18-20-22-24-26-28-30-32-34-36-38-39-41-43-45-47-49-51-53-55-57-60-63-66-72(75)78-69-70(68-77-71(74)65-62-59-15-12-9-6-3)79-73(76)67-64-61-58-56-54-52-50-48-46-44-42-40-37-35-33-31-29-27-25-23-21-19-17-14-11-8-5-2/h8,11,17,19,23,25,29,31,35,37,42,44,48,50,54,56,70H,4-7,9-10,12-16,18,20-22,24,26-28,30,32-34,36,38-41,43,45-47,49,51-53,55,57-69H2,1-3H3/b11-8-,19-17-,25-23-,31-29-,37-35-,44-42-,50-48-,56-54-. The number of carbonyl (C=O) groups excluding carboxylic acids is 3. The second kappa shape index (κ2) is 66.8. The van der Waals surface area contributed by atoms with Crippen molar-refractivity contribution in [2.75, 3.05) is 13.2 Å². The van der Waals surface area contributed by atoms with Crippen LogP contribution in [0.2, 0.25) is 0 Å². The third-order valence-electron chi connectivity index (χ3n) is 14.6. The first-order valence-corrected chi connectivity index (χ1v) is 33.7. The van der Waals surface area contributed by atoms with Crippen LogP contribution in [0.1, 0.15) is 329 Å². The molecule has 0 radical (unpaired) electrons. The van der Waals surface area contributed by atoms with Gasteiger partial charge in [-0.25, -0.2) is 0 Å². The number of esters is 3. The van der Waals surface area contributed by atoms with Crippen LogP contribution in [0.25, 0.3) is 0 Å². The van der Waals surface area contributed by atoms with Gasteiger partial charge in [0, 0.05) is 19.3 Å². The minimum absolute atomic E-state index is 0.0925. The van der Waals surface area contributed by atoms with E-state index in [0.717, 1.165) is 103 Å². The highest BCUT2D eigenvalue weighted by Gasteiger charge is 2.19. The molecule has 0 heterocycles. The van der Waals surface area contributed by atoms with Crippen molar-refractivity contribution in [1.29, 1.82) is 0 Å². The Balaban J connectivity index is 4.13. The summed E-state index contributed by atoms with van der Waals surface area (Å²) in [7, 11) is 0. The van der Waals surface area contributed by atoms with Crippen molar-refractivity contribution in [3.05, 3.63) is 97.2 Å². The summed E-state index contributed by atoms with van der Waals surface area (Å²) >= 11 is 0. The van der Waals surface area contributed by atoms with E-state index in [1.54, 1.807) is 0 Å². The van der Waals surface area contributed by atoms with E-state index in [1.165, 1.54) is 180 Å². The molecule has 0 rings (SSSR count). The highest BCUT2D eigenvalue weighted by atomic mass is 16.6. The van der Waals surface area contributed by atoms with Crippen molar-refractivity contribution in [2.24, 2.45) is 0 Å². The predicted molar refractivity (Wildman–Crippen MR) is 344 cm³/mol. The lowest BCUT2D eigenvalue weighted by molar-refractivity contribution is -0.167. The van der Waals surface area contributed by atoms with Gasteiger partial charge in [-0.1, -0.05) is 323 Å². The maximum absolute atomic E-state index is 12.8. The zero-order valence-electron chi connectivity index (χ0n) is 52.1. The average Bonchev–Trinajstić information content (AvgIpc) is 3.45. The number of hydrogen-bond donors (Lipinski definition) is 0. The van der Waals surface area contributed by atoms with E-state index in [2.05, 4.69) is 118 Å². The molecule has 0 aliphatic heterocycles. The van der Waals surface area contributed by atoms with Crippen molar-refractivity contribution < 1.29 is 28.6 Å². The number of ether oxygens (including phenoxy) is 3. The average molecular weight is 1100 g/mol. The number of unbranched alkanes of at least 4 members (excludes halogenated alkanes) is 34. The Labute approximate surface area is 489 Å². The third-order valence-corrected chi connectivity index (χ3v) is 14.6. The summed E-state index contributed by atoms with van der Waals surface area (Å²) in [6, 6.07) is 0. The summed E-state index contributed by atoms with van der Waals surface area (Å²) in [5.74, 6) is -0.936. The van der Waals surface area contributed by atoms with E-state index in [0.29, 0.717) is 19.3 Å². The molecular weight excluding hydrogens is 973 g/mol. The molecule has 0 aliphatic carbocycles. The maximum Gasteiger partial charge on any atom is 0.306 e. The first-order chi connectivity index (χ1) is 39.0. The zero-order chi connectivity index (χ0) is 57.1. The Morgan fingerprint density at radius 3 is 0.772 bits per heavy atom. The summed E-state index contributed by atoms with van der Waals surface area (Å²) in [6.45, 7) is 6.46. The molecule has 0 saturated carbocycles. The van der Waals surface area contributed by atoms with E-state index < -0.39 is 6.10 Å². The first-order valence-electron chi connectivity index (χ1n) is 33.7. The smallest absolute Gasteiger partial charge is 0.306 e. The van der Waals surface area contributed by atoms with E-state index in [-0.39, 0.29) is 37.5 Å². The topological polar surface area (TPSA) is 78.9 Å². The van der Waals surface area contributed by atoms with Crippen LogP contribution in [0.3, 0.4) is 0 Å². The molecule has 6 heteroatoms. The van der Waals surface area contributed by atoms with Gasteiger partial charge in [-0.15, -0.1) is 0 Å². The normalized spacial score (nSPS) is 12.7. The molecular formula is C73H126O6. The lowest BCUT2D eigenvalue weighted by atomic mass is 10.0. The molecule has 0 bridgehead atoms. The molecule has 0 spiro atoms. The molecule has 0 fully saturated rings. The van der Waals surface area contributed by atoms with E-state index >= 15 is 0 Å². The molecule has 454 valence electrons. The van der Waals surface area contributed by atoms with E-state index in [1.807, 2.05) is 0 Å². The molecule has 1 atom stereocenters. The van der Waals surface area contributed by atoms with Gasteiger partial charge in [0.05, 0.1) is 0 Å². The third kappa shape index (κ3) is 65.0. The maximum atomic E-state index is 12.8. The second-order valence-corrected chi connectivity index (χ2v) is 22.4. The SMILES string of the molecule is CC/C=C\C/C=C\C/C=C\C/C=C\C/C=C\C/C=C\C/C=C\C/C=C\CCCCC(=O)OC(COC(=O)CCCCCCCC)COC(=O)CCCCCCCCCCCCCCCCCCCCCCCCCCCCCC. The van der Waals surface area contributed by atoms with E-state index in [4.69, 9.17) is 14.2 Å². The molecule has 0 aromatic rings. The number of hydrogen-bond acceptors (Lipinski definition) is 6. The molecule has 0 aromatic carbocycles. The first kappa shape index (κ1) is 75.3. The number of allylic oxidation sites excluding steroid dienone is 16. The Bertz CT molecular complexity index is 1540. The molecule has 79 heavy (non-hydrogen) atoms. The van der Waals surface area contributed by atoms with Crippen LogP contribution in [0.5, 0.6) is 0 Å². The Morgan fingerprint density at radius 1 is 0.266 bits per heavy atom. The van der Waals surface area contributed by atoms with E-state index in [9.17, 15) is 14.4 Å². The van der Waals surface area contributed by atoms with Gasteiger partial charge in [0.1, 0.15) is 13.2 Å². The van der Waals surface area contributed by atoms with Crippen LogP contribution >= 0.6 is 0 Å². The largest absolute Gasteiger partial charge is 0.462 e. The molecule has 6 nitrogen and oxygen atoms in total. The number of carbonyl (C=O) groups is 3. The van der Waals surface area contributed by atoms with Crippen molar-refractivity contribution >= 4 is 17.9 Å². The molecule has 0 amide bonds. The molecule has 0 aliphatic rings. The monoisotopic (exact) mass is 1100 g/mol. The van der Waals surface area contributed by atoms with Gasteiger partial charge in [-0.2, -0.15) is 0 Å². The Morgan fingerprint density at radius 2 is 0.494 bits per heavy atom. The van der Waals surface area contributed by atoms with Gasteiger partial charge in [0.2, 0.25) is 0 Å². The van der Waals surface area contributed by atoms with Crippen LogP contribution in [0.4, 0.5) is 0 Å². The van der Waals surface area contributed by atoms with Crippen molar-refractivity contribution in [2.45, 2.75) is 335 Å². The highest BCUT2D eigenvalue weighted by Crippen LogP contribution is 2.17. The van der Waals surface area contributed by atoms with Gasteiger partial charge in [-0.3, -0.25) is 14.4 Å². The minimum atomic E-state index is -0.798. The lowest BCUT2D eigenvalue weighted by Crippen LogP contribution is -2.30. The highest BCUT2D eigenvalue weighted by molar-refractivity contribution is 5.71. The summed E-state index contributed by atoms with van der Waals surface area (Å²) in [4.78, 5) is 38.0. The van der Waals surface area contributed by atoms with Crippen LogP contribution < -0.4 is 0 Å². The quantitative estimate of drug-likeness (QED) is 0.0261. The fourth-order valence-electron chi connectivity index (χ4n) is 9.58. The van der Waals surface area contributed by atoms with Crippen LogP contribution in [-0.2, 0) is 28.6 Å². The Kier molecular flexibility index (Phi) is 63.7. The van der Waals surface area contributed by atoms with Gasteiger partial charge >= 0.3 is 17.9 Å². The minimum Gasteiger partial charge on any atom is -0.462 e. The molecule has 0 saturated heterocycles. The lowest BCUT2D eigenvalue weighted by Gasteiger charge is -2.18. The van der Waals surface area contributed by atoms with Crippen LogP contribution in [0.15, 0.2) is 97.2 Å². The summed E-state index contributed by atoms with van der Waals surface area (Å²) in [5.41, 5.74) is 0. The van der Waals surface area contributed by atoms with Gasteiger partial charge in [0.25, 0.3) is 0 Å². The summed E-state index contributed by atoms with van der Waals surface area (Å²) in [5, 5.41) is 0. The molecule has 0 aromatic heterocycles. The van der Waals surface area contributed by atoms with Crippen molar-refractivity contribution in [1.82, 2.24) is 0 Å². The van der Waals surface area contributed by atoms with Crippen molar-refractivity contribution in [3.8, 4) is 0 Å². The van der Waals surface area contributed by atoms with Gasteiger partial charge in [0.15, 0.2) is 6.10 Å². The van der Waals surface area contributed by atoms with Crippen LogP contribution in [-0.4, -0.2) is 37.2 Å². The molecule has 1 unspecified atom stereocenters. The van der Waals surface area contributed by atoms with Crippen LogP contribution in [0, 0.1) is 0 Å². The predicted octanol–water partition coefficient (Wildman–Crippen LogP) is 23.2. The van der Waals surface area contributed by atoms with Gasteiger partial charge in [-0.05, 0) is 83.5 Å². The summed E-state index contributed by atoms with van der Waals surface area (Å²) < 4.78 is 16.8. The Hall–Kier alpha value is -3.67. The summed E-state index contributed by atoms with van der Waals surface area (Å²) in [6.07, 6.45) is 90.5. The fourth-order valence-corrected chi connectivity index (χ4v) is 9.58. The zero-order valence-corrected chi connectivity index (χ0v) is 52.1. The second-order valence-electron chi connectivity index (χ2n) is 22.4. The van der Waals surface area contributed by atoms with Gasteiger partial charge < -0.3 is 14.2 Å². The molecule has 0 N–H and O–H groups in total.